The minimum atomic E-state index is -0.700. The second-order valence-electron chi connectivity index (χ2n) is 8.62. The lowest BCUT2D eigenvalue weighted by Crippen LogP contribution is -3.28. The number of rotatable bonds is 8. The molecule has 158 valence electrons. The SMILES string of the molecule is COc1cc(C)c(C[NH+]2CC[NH+](CC(=O)N[C@@](C)(C#N)C3CC3)CC2)cc1OC. The Kier molecular flexibility index (Phi) is 6.66. The highest BCUT2D eigenvalue weighted by Gasteiger charge is 2.43. The van der Waals surface area contributed by atoms with Gasteiger partial charge in [-0.3, -0.25) is 4.79 Å². The monoisotopic (exact) mass is 402 g/mol. The normalized spacial score (nSPS) is 23.6. The van der Waals surface area contributed by atoms with Crippen molar-refractivity contribution >= 4 is 5.91 Å². The van der Waals surface area contributed by atoms with Gasteiger partial charge in [-0.05, 0) is 50.3 Å². The van der Waals surface area contributed by atoms with Gasteiger partial charge in [-0.25, -0.2) is 0 Å². The zero-order chi connectivity index (χ0) is 21.0. The quantitative estimate of drug-likeness (QED) is 0.527. The van der Waals surface area contributed by atoms with E-state index in [0.29, 0.717) is 12.5 Å². The molecule has 0 radical (unpaired) electrons. The topological polar surface area (TPSA) is 80.2 Å². The maximum atomic E-state index is 12.5. The Morgan fingerprint density at radius 1 is 1.17 bits per heavy atom. The summed E-state index contributed by atoms with van der Waals surface area (Å²) in [6, 6.07) is 6.41. The molecule has 3 N–H and O–H groups in total. The molecule has 0 spiro atoms. The van der Waals surface area contributed by atoms with Crippen LogP contribution in [0.25, 0.3) is 0 Å². The van der Waals surface area contributed by atoms with Gasteiger partial charge in [-0.1, -0.05) is 0 Å². The second-order valence-corrected chi connectivity index (χ2v) is 8.62. The number of quaternary nitrogens is 2. The molecular weight excluding hydrogens is 368 g/mol. The molecule has 1 aliphatic carbocycles. The molecule has 0 aromatic heterocycles. The number of nitrogens with one attached hydrogen (secondary N) is 3. The molecule has 1 saturated carbocycles. The van der Waals surface area contributed by atoms with E-state index in [1.807, 2.05) is 13.0 Å². The number of amides is 1. The van der Waals surface area contributed by atoms with E-state index in [0.717, 1.165) is 57.1 Å². The fourth-order valence-electron chi connectivity index (χ4n) is 4.24. The summed E-state index contributed by atoms with van der Waals surface area (Å²) < 4.78 is 10.8. The molecule has 1 aromatic rings. The first-order valence-corrected chi connectivity index (χ1v) is 10.5. The van der Waals surface area contributed by atoms with E-state index in [-0.39, 0.29) is 5.91 Å². The van der Waals surface area contributed by atoms with Crippen LogP contribution in [0.2, 0.25) is 0 Å². The fraction of sp³-hybridized carbons (Fsp3) is 0.636. The van der Waals surface area contributed by atoms with Gasteiger partial charge in [0.2, 0.25) is 0 Å². The summed E-state index contributed by atoms with van der Waals surface area (Å²) >= 11 is 0. The van der Waals surface area contributed by atoms with E-state index in [9.17, 15) is 10.1 Å². The molecular formula is C22H34N4O3+2. The zero-order valence-electron chi connectivity index (χ0n) is 18.1. The van der Waals surface area contributed by atoms with Crippen LogP contribution in [-0.2, 0) is 11.3 Å². The highest BCUT2D eigenvalue weighted by atomic mass is 16.5. The van der Waals surface area contributed by atoms with Gasteiger partial charge in [0.25, 0.3) is 5.91 Å². The number of nitriles is 1. The summed E-state index contributed by atoms with van der Waals surface area (Å²) in [6.07, 6.45) is 2.07. The molecule has 1 aromatic carbocycles. The number of benzene rings is 1. The van der Waals surface area contributed by atoms with E-state index < -0.39 is 5.54 Å². The van der Waals surface area contributed by atoms with Gasteiger partial charge in [0, 0.05) is 5.56 Å². The Balaban J connectivity index is 1.49. The molecule has 7 heteroatoms. The third-order valence-corrected chi connectivity index (χ3v) is 6.38. The van der Waals surface area contributed by atoms with E-state index in [4.69, 9.17) is 9.47 Å². The summed E-state index contributed by atoms with van der Waals surface area (Å²) in [5.74, 6) is 1.84. The van der Waals surface area contributed by atoms with Crippen molar-refractivity contribution in [1.29, 1.82) is 5.26 Å². The largest absolute Gasteiger partial charge is 0.493 e. The molecule has 1 aliphatic heterocycles. The van der Waals surface area contributed by atoms with Gasteiger partial charge in [0.05, 0.1) is 20.3 Å². The van der Waals surface area contributed by atoms with Crippen LogP contribution in [0.1, 0.15) is 30.9 Å². The Hall–Kier alpha value is -2.30. The van der Waals surface area contributed by atoms with Crippen molar-refractivity contribution in [2.75, 3.05) is 46.9 Å². The Morgan fingerprint density at radius 2 is 1.76 bits per heavy atom. The highest BCUT2D eigenvalue weighted by Crippen LogP contribution is 2.39. The van der Waals surface area contributed by atoms with Crippen LogP contribution in [-0.4, -0.2) is 58.4 Å². The van der Waals surface area contributed by atoms with Crippen molar-refractivity contribution in [1.82, 2.24) is 5.32 Å². The molecule has 1 saturated heterocycles. The summed E-state index contributed by atoms with van der Waals surface area (Å²) in [4.78, 5) is 15.3. The summed E-state index contributed by atoms with van der Waals surface area (Å²) in [6.45, 7) is 9.32. The molecule has 2 aliphatic rings. The summed E-state index contributed by atoms with van der Waals surface area (Å²) in [5, 5.41) is 12.4. The van der Waals surface area contributed by atoms with Crippen LogP contribution in [0.3, 0.4) is 0 Å². The first-order chi connectivity index (χ1) is 13.9. The number of hydrogen-bond donors (Lipinski definition) is 3. The molecule has 1 amide bonds. The first-order valence-electron chi connectivity index (χ1n) is 10.5. The van der Waals surface area contributed by atoms with E-state index >= 15 is 0 Å². The molecule has 1 atom stereocenters. The van der Waals surface area contributed by atoms with Crippen LogP contribution >= 0.6 is 0 Å². The van der Waals surface area contributed by atoms with E-state index in [2.05, 4.69) is 24.4 Å². The number of hydrogen-bond acceptors (Lipinski definition) is 4. The Morgan fingerprint density at radius 3 is 2.31 bits per heavy atom. The zero-order valence-corrected chi connectivity index (χ0v) is 18.1. The average molecular weight is 403 g/mol. The third kappa shape index (κ3) is 5.20. The van der Waals surface area contributed by atoms with Crippen LogP contribution in [0.15, 0.2) is 12.1 Å². The van der Waals surface area contributed by atoms with Gasteiger partial charge in [-0.15, -0.1) is 0 Å². The van der Waals surface area contributed by atoms with E-state index in [1.165, 1.54) is 20.9 Å². The minimum Gasteiger partial charge on any atom is -0.493 e. The van der Waals surface area contributed by atoms with Gasteiger partial charge in [0.15, 0.2) is 18.0 Å². The number of nitrogens with zero attached hydrogens (tertiary/aromatic N) is 1. The minimum absolute atomic E-state index is 0.00450. The van der Waals surface area contributed by atoms with Crippen molar-refractivity contribution in [3.8, 4) is 17.6 Å². The van der Waals surface area contributed by atoms with Crippen molar-refractivity contribution in [3.05, 3.63) is 23.3 Å². The number of carbonyl (C=O) groups is 1. The number of aryl methyl sites for hydroxylation is 1. The Bertz CT molecular complexity index is 779. The van der Waals surface area contributed by atoms with Crippen LogP contribution in [0.5, 0.6) is 11.5 Å². The first kappa shape index (κ1) is 21.4. The van der Waals surface area contributed by atoms with Crippen LogP contribution in [0, 0.1) is 24.2 Å². The average Bonchev–Trinajstić information content (AvgIpc) is 3.56. The van der Waals surface area contributed by atoms with Gasteiger partial charge >= 0.3 is 0 Å². The van der Waals surface area contributed by atoms with Crippen molar-refractivity contribution < 1.29 is 24.1 Å². The van der Waals surface area contributed by atoms with Gasteiger partial charge in [-0.2, -0.15) is 5.26 Å². The number of piperazine rings is 1. The molecule has 29 heavy (non-hydrogen) atoms. The fourth-order valence-corrected chi connectivity index (χ4v) is 4.24. The lowest BCUT2D eigenvalue weighted by atomic mass is 9.98. The maximum Gasteiger partial charge on any atom is 0.276 e. The predicted molar refractivity (Wildman–Crippen MR) is 109 cm³/mol. The molecule has 2 fully saturated rings. The Labute approximate surface area is 173 Å². The molecule has 0 bridgehead atoms. The predicted octanol–water partition coefficient (Wildman–Crippen LogP) is -0.896. The van der Waals surface area contributed by atoms with E-state index in [1.54, 1.807) is 14.2 Å². The lowest BCUT2D eigenvalue weighted by molar-refractivity contribution is -1.02. The molecule has 0 unspecified atom stereocenters. The van der Waals surface area contributed by atoms with Crippen LogP contribution in [0.4, 0.5) is 0 Å². The van der Waals surface area contributed by atoms with Crippen molar-refractivity contribution in [2.24, 2.45) is 5.92 Å². The molecule has 3 rings (SSSR count). The van der Waals surface area contributed by atoms with Crippen LogP contribution < -0.4 is 24.6 Å². The summed E-state index contributed by atoms with van der Waals surface area (Å²) in [7, 11) is 3.32. The lowest BCUT2D eigenvalue weighted by Gasteiger charge is -2.31. The maximum absolute atomic E-state index is 12.5. The van der Waals surface area contributed by atoms with Crippen molar-refractivity contribution in [3.63, 3.8) is 0 Å². The van der Waals surface area contributed by atoms with Crippen molar-refractivity contribution in [2.45, 2.75) is 38.8 Å². The second kappa shape index (κ2) is 9.02. The third-order valence-electron chi connectivity index (χ3n) is 6.38. The smallest absolute Gasteiger partial charge is 0.276 e. The van der Waals surface area contributed by atoms with Gasteiger partial charge in [0.1, 0.15) is 38.3 Å². The number of ether oxygens (including phenoxy) is 2. The summed E-state index contributed by atoms with van der Waals surface area (Å²) in [5.41, 5.74) is 1.78. The van der Waals surface area contributed by atoms with Gasteiger partial charge < -0.3 is 24.6 Å². The highest BCUT2D eigenvalue weighted by molar-refractivity contribution is 5.78. The molecule has 7 nitrogen and oxygen atoms in total. The standard InChI is InChI=1S/C22H32N4O3/c1-16-11-19(28-3)20(29-4)12-17(16)13-25-7-9-26(10-8-25)14-21(27)24-22(2,15-23)18-5-6-18/h11-12,18H,5-10,13-14H2,1-4H3,(H,24,27)/p+2/t22-/m0/s1. The number of methoxy groups -OCH3 is 2. The molecule has 1 heterocycles. The number of carbonyl (C=O) groups excluding carboxylic acids is 1.